The topological polar surface area (TPSA) is 77.4 Å². The maximum absolute atomic E-state index is 10.5. The Labute approximate surface area is 216 Å². The van der Waals surface area contributed by atoms with Gasteiger partial charge in [-0.25, -0.2) is 8.42 Å². The van der Waals surface area contributed by atoms with Gasteiger partial charge < -0.3 is 9.66 Å². The van der Waals surface area contributed by atoms with E-state index in [2.05, 4.69) is 6.92 Å². The molecule has 0 aromatic heterocycles. The maximum atomic E-state index is 10.5. The average Bonchev–Trinajstić information content (AvgIpc) is 2.70. The minimum absolute atomic E-state index is 0. The number of rotatable bonds is 24. The molecule has 0 fully saturated rings. The van der Waals surface area contributed by atoms with E-state index >= 15 is 0 Å². The molecule has 4 nitrogen and oxygen atoms in total. The molecule has 0 aliphatic heterocycles. The van der Waals surface area contributed by atoms with Crippen molar-refractivity contribution >= 4 is 10.1 Å². The summed E-state index contributed by atoms with van der Waals surface area (Å²) < 4.78 is 31.6. The van der Waals surface area contributed by atoms with Crippen LogP contribution in [0.4, 0.5) is 0 Å². The molecule has 0 heterocycles. The van der Waals surface area contributed by atoms with Crippen molar-refractivity contribution < 1.29 is 47.6 Å². The van der Waals surface area contributed by atoms with Crippen molar-refractivity contribution in [2.24, 2.45) is 0 Å². The van der Waals surface area contributed by atoms with E-state index in [-0.39, 0.29) is 36.0 Å². The third kappa shape index (κ3) is 30.9. The zero-order chi connectivity index (χ0) is 22.3. The third-order valence-corrected chi connectivity index (χ3v) is 6.83. The smallest absolute Gasteiger partial charge is 0.748 e. The number of aliphatic hydroxyl groups is 1. The second-order valence-electron chi connectivity index (χ2n) is 9.21. The van der Waals surface area contributed by atoms with Gasteiger partial charge in [0.1, 0.15) is 0 Å². The van der Waals surface area contributed by atoms with Crippen LogP contribution in [0.1, 0.15) is 148 Å². The summed E-state index contributed by atoms with van der Waals surface area (Å²) in [6, 6.07) is 0. The van der Waals surface area contributed by atoms with E-state index in [1.807, 2.05) is 0 Å². The zero-order valence-corrected chi connectivity index (χ0v) is 23.7. The SMILES string of the molecule is CCCCCCCCCCCCCCCCCCCCCCC(O)CCS(=O)(=O)[O-].[Na+]. The molecule has 1 unspecified atom stereocenters. The maximum Gasteiger partial charge on any atom is 1.00 e. The fourth-order valence-electron chi connectivity index (χ4n) is 4.06. The second kappa shape index (κ2) is 25.5. The fourth-order valence-corrected chi connectivity index (χ4v) is 4.62. The molecule has 0 saturated carbocycles. The molecule has 1 atom stereocenters. The molecule has 182 valence electrons. The largest absolute Gasteiger partial charge is 1.00 e. The number of hydrogen-bond acceptors (Lipinski definition) is 4. The van der Waals surface area contributed by atoms with Crippen molar-refractivity contribution in [3.05, 3.63) is 0 Å². The molecule has 0 aliphatic carbocycles. The number of unbranched alkanes of at least 4 members (excludes halogenated alkanes) is 19. The van der Waals surface area contributed by atoms with Gasteiger partial charge in [-0.3, -0.25) is 0 Å². The van der Waals surface area contributed by atoms with Crippen LogP contribution in [0.25, 0.3) is 0 Å². The van der Waals surface area contributed by atoms with Crippen LogP contribution in [0, 0.1) is 0 Å². The Morgan fingerprint density at radius 3 is 1.16 bits per heavy atom. The van der Waals surface area contributed by atoms with Crippen LogP contribution in [0.2, 0.25) is 0 Å². The zero-order valence-electron chi connectivity index (χ0n) is 20.9. The summed E-state index contributed by atoms with van der Waals surface area (Å²) in [5.74, 6) is -0.451. The molecule has 31 heavy (non-hydrogen) atoms. The molecule has 0 saturated heterocycles. The van der Waals surface area contributed by atoms with Gasteiger partial charge in [-0.2, -0.15) is 0 Å². The van der Waals surface area contributed by atoms with Gasteiger partial charge in [0, 0.05) is 5.75 Å². The predicted octanol–water partition coefficient (Wildman–Crippen LogP) is 4.50. The summed E-state index contributed by atoms with van der Waals surface area (Å²) in [7, 11) is -4.19. The van der Waals surface area contributed by atoms with Crippen LogP contribution in [0.15, 0.2) is 0 Å². The quantitative estimate of drug-likeness (QED) is 0.128. The van der Waals surface area contributed by atoms with Gasteiger partial charge in [-0.1, -0.05) is 135 Å². The van der Waals surface area contributed by atoms with Crippen molar-refractivity contribution in [2.75, 3.05) is 5.75 Å². The summed E-state index contributed by atoms with van der Waals surface area (Å²) in [6.45, 7) is 2.28. The van der Waals surface area contributed by atoms with Gasteiger partial charge in [0.15, 0.2) is 0 Å². The first-order valence-electron chi connectivity index (χ1n) is 13.1. The van der Waals surface area contributed by atoms with Crippen LogP contribution < -0.4 is 29.6 Å². The summed E-state index contributed by atoms with van der Waals surface area (Å²) in [5, 5.41) is 9.66. The molecule has 0 aliphatic rings. The van der Waals surface area contributed by atoms with E-state index in [1.165, 1.54) is 116 Å². The predicted molar refractivity (Wildman–Crippen MR) is 128 cm³/mol. The Balaban J connectivity index is 0. The van der Waals surface area contributed by atoms with Crippen molar-refractivity contribution in [2.45, 2.75) is 154 Å². The van der Waals surface area contributed by atoms with Crippen LogP contribution in [-0.4, -0.2) is 29.9 Å². The van der Waals surface area contributed by atoms with Gasteiger partial charge in [-0.05, 0) is 12.8 Å². The Kier molecular flexibility index (Phi) is 28.0. The van der Waals surface area contributed by atoms with E-state index in [0.717, 1.165) is 12.8 Å². The molecule has 0 aromatic rings. The van der Waals surface area contributed by atoms with Gasteiger partial charge >= 0.3 is 29.6 Å². The number of hydrogen-bond donors (Lipinski definition) is 1. The Bertz CT molecular complexity index is 443. The minimum atomic E-state index is -4.19. The monoisotopic (exact) mass is 470 g/mol. The van der Waals surface area contributed by atoms with Crippen LogP contribution >= 0.6 is 0 Å². The molecule has 0 rings (SSSR count). The Morgan fingerprint density at radius 2 is 0.871 bits per heavy atom. The van der Waals surface area contributed by atoms with Gasteiger partial charge in [0.25, 0.3) is 0 Å². The summed E-state index contributed by atoms with van der Waals surface area (Å²) in [5.41, 5.74) is 0. The molecule has 0 amide bonds. The summed E-state index contributed by atoms with van der Waals surface area (Å²) >= 11 is 0. The van der Waals surface area contributed by atoms with E-state index in [4.69, 9.17) is 0 Å². The number of aliphatic hydroxyl groups excluding tert-OH is 1. The van der Waals surface area contributed by atoms with Crippen LogP contribution in [-0.2, 0) is 10.1 Å². The summed E-state index contributed by atoms with van der Waals surface area (Å²) in [4.78, 5) is 0. The van der Waals surface area contributed by atoms with Gasteiger partial charge in [-0.15, -0.1) is 0 Å². The summed E-state index contributed by atoms with van der Waals surface area (Å²) in [6.07, 6.45) is 26.9. The normalized spacial score (nSPS) is 12.6. The fraction of sp³-hybridized carbons (Fsp3) is 1.00. The first-order valence-corrected chi connectivity index (χ1v) is 14.6. The van der Waals surface area contributed by atoms with Crippen molar-refractivity contribution in [1.29, 1.82) is 0 Å². The van der Waals surface area contributed by atoms with Gasteiger partial charge in [0.05, 0.1) is 16.2 Å². The van der Waals surface area contributed by atoms with Gasteiger partial charge in [0.2, 0.25) is 0 Å². The minimum Gasteiger partial charge on any atom is -0.748 e. The molecular weight excluding hydrogens is 419 g/mol. The molecule has 0 radical (unpaired) electrons. The van der Waals surface area contributed by atoms with Crippen molar-refractivity contribution in [3.8, 4) is 0 Å². The first kappa shape index (κ1) is 34.0. The molecule has 6 heteroatoms. The Morgan fingerprint density at radius 1 is 0.581 bits per heavy atom. The molecule has 1 N–H and O–H groups in total. The van der Waals surface area contributed by atoms with Crippen LogP contribution in [0.5, 0.6) is 0 Å². The molecule has 0 spiro atoms. The molecule has 0 bridgehead atoms. The van der Waals surface area contributed by atoms with Crippen molar-refractivity contribution in [3.63, 3.8) is 0 Å². The van der Waals surface area contributed by atoms with E-state index in [0.29, 0.717) is 6.42 Å². The first-order chi connectivity index (χ1) is 14.5. The average molecular weight is 471 g/mol. The third-order valence-electron chi connectivity index (χ3n) is 6.09. The molecular formula is C25H51NaO4S. The standard InChI is InChI=1S/C25H52O4S.Na/c1-2-3-4-5-6-7-8-9-10-11-12-13-14-15-16-17-18-19-20-21-22-25(26)23-24-30(27,28)29;/h25-26H,2-24H2,1H3,(H,27,28,29);/q;+1/p-1. The molecule has 0 aromatic carbocycles. The van der Waals surface area contributed by atoms with Crippen LogP contribution in [0.3, 0.4) is 0 Å². The Hall–Kier alpha value is 0.870. The van der Waals surface area contributed by atoms with Crippen molar-refractivity contribution in [1.82, 2.24) is 0 Å². The second-order valence-corrected chi connectivity index (χ2v) is 10.7. The van der Waals surface area contributed by atoms with E-state index in [9.17, 15) is 18.1 Å². The van der Waals surface area contributed by atoms with E-state index in [1.54, 1.807) is 0 Å². The van der Waals surface area contributed by atoms with E-state index < -0.39 is 22.0 Å².